The third-order valence-electron chi connectivity index (χ3n) is 5.24. The first-order valence-corrected chi connectivity index (χ1v) is 9.71. The van der Waals surface area contributed by atoms with Crippen molar-refractivity contribution in [1.82, 2.24) is 4.98 Å². The van der Waals surface area contributed by atoms with Crippen LogP contribution in [0.3, 0.4) is 0 Å². The van der Waals surface area contributed by atoms with Gasteiger partial charge in [0, 0.05) is 23.4 Å². The number of nitrogens with zero attached hydrogens (tertiary/aromatic N) is 1. The Hall–Kier alpha value is -2.61. The molecule has 0 amide bonds. The van der Waals surface area contributed by atoms with Crippen molar-refractivity contribution in [3.8, 4) is 5.88 Å². The van der Waals surface area contributed by atoms with Crippen molar-refractivity contribution < 1.29 is 58.8 Å². The molecule has 1 aliphatic rings. The molecule has 2 aromatic carbocycles. The van der Waals surface area contributed by atoms with Crippen LogP contribution >= 0.6 is 0 Å². The van der Waals surface area contributed by atoms with E-state index >= 15 is 0 Å². The predicted octanol–water partition coefficient (Wildman–Crippen LogP) is 2.99. The van der Waals surface area contributed by atoms with Gasteiger partial charge in [0.15, 0.2) is 0 Å². The topological polar surface area (TPSA) is 59.4 Å². The maximum atomic E-state index is 13.9. The van der Waals surface area contributed by atoms with Gasteiger partial charge in [-0.1, -0.05) is 6.07 Å². The minimum absolute atomic E-state index is 0. The Bertz CT molecular complexity index is 1200. The fourth-order valence-electron chi connectivity index (χ4n) is 3.76. The standard InChI is InChI=1S/C24H18F3NO3.Na.H/c25-16-8-6-15(22(27)12-16)13-31-23-19(5-2-10-28-23)18-4-1-3-17(18)14-7-9-21(26)20(11-14)24(29)30;;/h2,5-12H,1,3-4,13H2,(H,29,30);;/q;+1;-1. The molecule has 0 fully saturated rings. The molecule has 1 heterocycles. The van der Waals surface area contributed by atoms with Gasteiger partial charge in [0.05, 0.1) is 5.56 Å². The van der Waals surface area contributed by atoms with Crippen molar-refractivity contribution >= 4 is 17.1 Å². The smallest absolute Gasteiger partial charge is 1.00 e. The van der Waals surface area contributed by atoms with Crippen molar-refractivity contribution in [2.45, 2.75) is 25.9 Å². The van der Waals surface area contributed by atoms with Crippen LogP contribution in [0.2, 0.25) is 0 Å². The number of pyridine rings is 1. The molecule has 0 aliphatic heterocycles. The van der Waals surface area contributed by atoms with E-state index in [0.717, 1.165) is 35.8 Å². The first-order valence-electron chi connectivity index (χ1n) is 9.71. The van der Waals surface area contributed by atoms with E-state index in [9.17, 15) is 23.1 Å². The number of benzene rings is 2. The number of carboxylic acids is 1. The molecule has 0 saturated heterocycles. The van der Waals surface area contributed by atoms with E-state index in [1.54, 1.807) is 18.3 Å². The van der Waals surface area contributed by atoms with Crippen LogP contribution in [0, 0.1) is 17.5 Å². The van der Waals surface area contributed by atoms with Crippen LogP contribution in [0.4, 0.5) is 13.2 Å². The third-order valence-corrected chi connectivity index (χ3v) is 5.24. The van der Waals surface area contributed by atoms with E-state index < -0.39 is 23.4 Å². The van der Waals surface area contributed by atoms with E-state index in [1.165, 1.54) is 12.1 Å². The predicted molar refractivity (Wildman–Crippen MR) is 110 cm³/mol. The number of carboxylic acid groups (broad SMARTS) is 1. The Kier molecular flexibility index (Phi) is 7.77. The SMILES string of the molecule is O=C(O)c1cc(C2=C(c3cccnc3OCc3ccc(F)cc3F)CCC2)ccc1F.[H-].[Na+]. The van der Waals surface area contributed by atoms with Crippen LogP contribution in [0.25, 0.3) is 11.1 Å². The zero-order chi connectivity index (χ0) is 22.0. The zero-order valence-electron chi connectivity index (χ0n) is 18.4. The molecule has 160 valence electrons. The van der Waals surface area contributed by atoms with Crippen molar-refractivity contribution in [3.63, 3.8) is 0 Å². The van der Waals surface area contributed by atoms with Crippen LogP contribution in [-0.4, -0.2) is 16.1 Å². The Morgan fingerprint density at radius 3 is 2.56 bits per heavy atom. The average Bonchev–Trinajstić information content (AvgIpc) is 3.23. The largest absolute Gasteiger partial charge is 1.00 e. The van der Waals surface area contributed by atoms with Crippen LogP contribution in [0.15, 0.2) is 54.7 Å². The molecule has 32 heavy (non-hydrogen) atoms. The maximum absolute atomic E-state index is 13.9. The van der Waals surface area contributed by atoms with Crippen molar-refractivity contribution in [2.24, 2.45) is 0 Å². The molecule has 0 spiro atoms. The van der Waals surface area contributed by atoms with Gasteiger partial charge in [-0.05, 0) is 72.4 Å². The molecular weight excluding hydrogens is 430 g/mol. The van der Waals surface area contributed by atoms with Crippen LogP contribution < -0.4 is 34.3 Å². The number of allylic oxidation sites excluding steroid dienone is 2. The summed E-state index contributed by atoms with van der Waals surface area (Å²) >= 11 is 0. The van der Waals surface area contributed by atoms with E-state index in [1.807, 2.05) is 6.07 Å². The summed E-state index contributed by atoms with van der Waals surface area (Å²) in [5, 5.41) is 9.24. The number of carbonyl (C=O) groups is 1. The molecule has 8 heteroatoms. The molecular formula is C24H19F3NNaO3. The summed E-state index contributed by atoms with van der Waals surface area (Å²) in [6.07, 6.45) is 3.80. The summed E-state index contributed by atoms with van der Waals surface area (Å²) < 4.78 is 46.7. The van der Waals surface area contributed by atoms with Gasteiger partial charge in [-0.15, -0.1) is 0 Å². The number of hydrogen-bond donors (Lipinski definition) is 1. The molecule has 0 bridgehead atoms. The molecule has 1 aliphatic carbocycles. The second-order valence-electron chi connectivity index (χ2n) is 7.19. The number of ether oxygens (including phenoxy) is 1. The van der Waals surface area contributed by atoms with E-state index in [2.05, 4.69) is 4.98 Å². The Labute approximate surface area is 206 Å². The second-order valence-corrected chi connectivity index (χ2v) is 7.19. The zero-order valence-corrected chi connectivity index (χ0v) is 19.4. The normalized spacial score (nSPS) is 13.1. The first-order chi connectivity index (χ1) is 14.9. The molecule has 4 rings (SSSR count). The Morgan fingerprint density at radius 2 is 1.81 bits per heavy atom. The molecule has 0 radical (unpaired) electrons. The molecule has 1 aromatic heterocycles. The third kappa shape index (κ3) is 5.06. The van der Waals surface area contributed by atoms with Crippen LogP contribution in [0.1, 0.15) is 47.7 Å². The summed E-state index contributed by atoms with van der Waals surface area (Å²) in [6, 6.07) is 10.9. The van der Waals surface area contributed by atoms with Gasteiger partial charge >= 0.3 is 35.5 Å². The van der Waals surface area contributed by atoms with E-state index in [-0.39, 0.29) is 48.7 Å². The van der Waals surface area contributed by atoms with E-state index in [4.69, 9.17) is 4.74 Å². The molecule has 0 atom stereocenters. The summed E-state index contributed by atoms with van der Waals surface area (Å²) in [6.45, 7) is -0.127. The molecule has 1 N–H and O–H groups in total. The average molecular weight is 449 g/mol. The molecule has 3 aromatic rings. The Balaban J connectivity index is 0.00000193. The fourth-order valence-corrected chi connectivity index (χ4v) is 3.76. The molecule has 0 saturated carbocycles. The second kappa shape index (κ2) is 10.3. The first kappa shape index (κ1) is 24.0. The summed E-state index contributed by atoms with van der Waals surface area (Å²) in [5.41, 5.74) is 2.97. The number of aromatic nitrogens is 1. The summed E-state index contributed by atoms with van der Waals surface area (Å²) in [7, 11) is 0. The fraction of sp³-hybridized carbons (Fsp3) is 0.167. The van der Waals surface area contributed by atoms with Gasteiger partial charge < -0.3 is 11.3 Å². The van der Waals surface area contributed by atoms with Gasteiger partial charge in [-0.3, -0.25) is 0 Å². The van der Waals surface area contributed by atoms with Crippen LogP contribution in [-0.2, 0) is 6.61 Å². The van der Waals surface area contributed by atoms with Crippen LogP contribution in [0.5, 0.6) is 5.88 Å². The van der Waals surface area contributed by atoms with Crippen molar-refractivity contribution in [1.29, 1.82) is 0 Å². The number of hydrogen-bond acceptors (Lipinski definition) is 3. The number of rotatable bonds is 6. The summed E-state index contributed by atoms with van der Waals surface area (Å²) in [5.74, 6) is -3.19. The van der Waals surface area contributed by atoms with Crippen molar-refractivity contribution in [2.75, 3.05) is 0 Å². The van der Waals surface area contributed by atoms with Gasteiger partial charge in [0.25, 0.3) is 0 Å². The van der Waals surface area contributed by atoms with Gasteiger partial charge in [-0.2, -0.15) is 0 Å². The monoisotopic (exact) mass is 449 g/mol. The van der Waals surface area contributed by atoms with Gasteiger partial charge in [0.2, 0.25) is 5.88 Å². The minimum Gasteiger partial charge on any atom is -1.00 e. The van der Waals surface area contributed by atoms with Gasteiger partial charge in [0.1, 0.15) is 24.1 Å². The van der Waals surface area contributed by atoms with Gasteiger partial charge in [-0.25, -0.2) is 22.9 Å². The molecule has 0 unspecified atom stereocenters. The minimum atomic E-state index is -1.33. The summed E-state index contributed by atoms with van der Waals surface area (Å²) in [4.78, 5) is 15.6. The number of halogens is 3. The number of aromatic carboxylic acids is 1. The quantitative estimate of drug-likeness (QED) is 0.588. The van der Waals surface area contributed by atoms with Crippen molar-refractivity contribution in [3.05, 3.63) is 94.4 Å². The maximum Gasteiger partial charge on any atom is 1.00 e. The van der Waals surface area contributed by atoms with E-state index in [0.29, 0.717) is 29.8 Å². The Morgan fingerprint density at radius 1 is 1.03 bits per heavy atom. The molecule has 4 nitrogen and oxygen atoms in total.